The van der Waals surface area contributed by atoms with Crippen LogP contribution in [0.25, 0.3) is 65.7 Å². The highest BCUT2D eigenvalue weighted by atomic mass is 15.1. The minimum atomic E-state index is -0.0897. The minimum absolute atomic E-state index is 0.0897. The highest BCUT2D eigenvalue weighted by Crippen LogP contribution is 2.53. The maximum atomic E-state index is 2.46. The molecule has 55 heavy (non-hydrogen) atoms. The number of hydrogen-bond donors (Lipinski definition) is 0. The highest BCUT2D eigenvalue weighted by Gasteiger charge is 2.37. The van der Waals surface area contributed by atoms with Crippen LogP contribution in [0.2, 0.25) is 0 Å². The molecule has 0 atom stereocenters. The van der Waals surface area contributed by atoms with E-state index in [2.05, 4.69) is 209 Å². The normalized spacial score (nSPS) is 14.5. The van der Waals surface area contributed by atoms with Crippen LogP contribution in [-0.4, -0.2) is 0 Å². The predicted octanol–water partition coefficient (Wildman–Crippen LogP) is 14.9. The standard InChI is InChI=1S/C54H41N/c1-53(2)49-15-9-7-13-45(49)47-29-24-39(32-51(47)53)55(40-25-30-48-46-14-8-10-16-50(46)54(3,4)52(48)33-40)38-22-17-34(18-23-38)36-20-26-42-37(31-36)21-28-43-41-12-6-5-11-35(41)19-27-44(42)43/h5-33H,1-4H3. The van der Waals surface area contributed by atoms with Crippen molar-refractivity contribution in [2.24, 2.45) is 0 Å². The molecular formula is C54H41N. The van der Waals surface area contributed by atoms with Gasteiger partial charge < -0.3 is 4.90 Å². The maximum absolute atomic E-state index is 2.46. The first kappa shape index (κ1) is 32.0. The Morgan fingerprint density at radius 3 is 1.38 bits per heavy atom. The van der Waals surface area contributed by atoms with E-state index in [1.807, 2.05) is 0 Å². The molecule has 11 rings (SSSR count). The quantitative estimate of drug-likeness (QED) is 0.165. The van der Waals surface area contributed by atoms with Crippen molar-refractivity contribution >= 4 is 49.4 Å². The molecule has 0 radical (unpaired) electrons. The van der Waals surface area contributed by atoms with Crippen LogP contribution in [0.5, 0.6) is 0 Å². The van der Waals surface area contributed by atoms with Crippen LogP contribution in [-0.2, 0) is 10.8 Å². The van der Waals surface area contributed by atoms with Crippen molar-refractivity contribution in [2.75, 3.05) is 4.90 Å². The molecule has 0 bridgehead atoms. The lowest BCUT2D eigenvalue weighted by atomic mass is 9.82. The molecular weight excluding hydrogens is 663 g/mol. The molecule has 0 heterocycles. The van der Waals surface area contributed by atoms with Crippen LogP contribution >= 0.6 is 0 Å². The zero-order valence-electron chi connectivity index (χ0n) is 31.7. The van der Waals surface area contributed by atoms with Gasteiger partial charge in [-0.3, -0.25) is 0 Å². The number of rotatable bonds is 4. The molecule has 0 saturated heterocycles. The molecule has 0 aliphatic heterocycles. The zero-order chi connectivity index (χ0) is 37.1. The van der Waals surface area contributed by atoms with Gasteiger partial charge in [0.25, 0.3) is 0 Å². The second-order valence-corrected chi connectivity index (χ2v) is 16.6. The van der Waals surface area contributed by atoms with Crippen molar-refractivity contribution in [2.45, 2.75) is 38.5 Å². The van der Waals surface area contributed by atoms with Gasteiger partial charge in [0, 0.05) is 27.9 Å². The number of nitrogens with zero attached hydrogens (tertiary/aromatic N) is 1. The molecule has 0 N–H and O–H groups in total. The number of anilines is 3. The van der Waals surface area contributed by atoms with E-state index in [4.69, 9.17) is 0 Å². The lowest BCUT2D eigenvalue weighted by molar-refractivity contribution is 0.660. The summed E-state index contributed by atoms with van der Waals surface area (Å²) >= 11 is 0. The number of fused-ring (bicyclic) bond motifs is 11. The molecule has 2 aliphatic rings. The summed E-state index contributed by atoms with van der Waals surface area (Å²) in [4.78, 5) is 2.46. The minimum Gasteiger partial charge on any atom is -0.310 e. The fraction of sp³-hybridized carbons (Fsp3) is 0.111. The summed E-state index contributed by atoms with van der Waals surface area (Å²) in [6, 6.07) is 65.9. The van der Waals surface area contributed by atoms with E-state index in [0.717, 1.165) is 5.69 Å². The Morgan fingerprint density at radius 1 is 0.309 bits per heavy atom. The first-order valence-electron chi connectivity index (χ1n) is 19.5. The van der Waals surface area contributed by atoms with Gasteiger partial charge in [0.1, 0.15) is 0 Å². The van der Waals surface area contributed by atoms with Gasteiger partial charge >= 0.3 is 0 Å². The molecule has 9 aromatic carbocycles. The number of hydrogen-bond acceptors (Lipinski definition) is 1. The summed E-state index contributed by atoms with van der Waals surface area (Å²) in [5, 5.41) is 7.74. The largest absolute Gasteiger partial charge is 0.310 e. The lowest BCUT2D eigenvalue weighted by Gasteiger charge is -2.30. The molecule has 1 nitrogen and oxygen atoms in total. The van der Waals surface area contributed by atoms with Gasteiger partial charge in [-0.15, -0.1) is 0 Å². The Labute approximate surface area is 323 Å². The Hall–Kier alpha value is -6.44. The van der Waals surface area contributed by atoms with Gasteiger partial charge in [0.2, 0.25) is 0 Å². The molecule has 2 aliphatic carbocycles. The van der Waals surface area contributed by atoms with Gasteiger partial charge in [0.05, 0.1) is 0 Å². The molecule has 0 aromatic heterocycles. The Morgan fingerprint density at radius 2 is 0.764 bits per heavy atom. The first-order chi connectivity index (χ1) is 26.8. The fourth-order valence-corrected chi connectivity index (χ4v) is 9.92. The monoisotopic (exact) mass is 703 g/mol. The summed E-state index contributed by atoms with van der Waals surface area (Å²) in [5.74, 6) is 0. The third kappa shape index (κ3) is 4.66. The van der Waals surface area contributed by atoms with E-state index < -0.39 is 0 Å². The van der Waals surface area contributed by atoms with E-state index in [1.165, 1.54) is 99.3 Å². The Balaban J connectivity index is 1.03. The maximum Gasteiger partial charge on any atom is 0.0465 e. The topological polar surface area (TPSA) is 3.24 Å². The predicted molar refractivity (Wildman–Crippen MR) is 234 cm³/mol. The summed E-state index contributed by atoms with van der Waals surface area (Å²) < 4.78 is 0. The molecule has 0 fully saturated rings. The van der Waals surface area contributed by atoms with E-state index in [-0.39, 0.29) is 10.8 Å². The van der Waals surface area contributed by atoms with Crippen molar-refractivity contribution < 1.29 is 0 Å². The van der Waals surface area contributed by atoms with Gasteiger partial charge in [-0.05, 0) is 130 Å². The van der Waals surface area contributed by atoms with Gasteiger partial charge in [-0.2, -0.15) is 0 Å². The molecule has 262 valence electrons. The highest BCUT2D eigenvalue weighted by molar-refractivity contribution is 6.17. The van der Waals surface area contributed by atoms with Crippen LogP contribution in [0, 0.1) is 0 Å². The molecule has 0 amide bonds. The lowest BCUT2D eigenvalue weighted by Crippen LogP contribution is -2.18. The van der Waals surface area contributed by atoms with Crippen LogP contribution < -0.4 is 4.90 Å². The average Bonchev–Trinajstić information content (AvgIpc) is 3.60. The number of benzene rings is 9. The summed E-state index contributed by atoms with van der Waals surface area (Å²) in [5.41, 5.74) is 16.6. The SMILES string of the molecule is CC1(C)c2ccccc2-c2ccc(N(c3ccc(-c4ccc5c(ccc6c7ccccc7ccc56)c4)cc3)c3ccc4c(c3)C(C)(C)c3ccccc3-4)cc21. The Kier molecular flexibility index (Phi) is 6.72. The van der Waals surface area contributed by atoms with Crippen molar-refractivity contribution in [3.05, 3.63) is 198 Å². The van der Waals surface area contributed by atoms with Crippen LogP contribution in [0.1, 0.15) is 49.9 Å². The molecule has 1 heteroatoms. The Bertz CT molecular complexity index is 2930. The van der Waals surface area contributed by atoms with Gasteiger partial charge in [0.15, 0.2) is 0 Å². The first-order valence-corrected chi connectivity index (χ1v) is 19.5. The van der Waals surface area contributed by atoms with E-state index in [9.17, 15) is 0 Å². The second-order valence-electron chi connectivity index (χ2n) is 16.6. The van der Waals surface area contributed by atoms with Crippen LogP contribution in [0.15, 0.2) is 176 Å². The fourth-order valence-electron chi connectivity index (χ4n) is 9.92. The molecule has 9 aromatic rings. The van der Waals surface area contributed by atoms with Crippen molar-refractivity contribution in [3.8, 4) is 33.4 Å². The van der Waals surface area contributed by atoms with Gasteiger partial charge in [-0.1, -0.05) is 161 Å². The zero-order valence-corrected chi connectivity index (χ0v) is 31.7. The van der Waals surface area contributed by atoms with E-state index >= 15 is 0 Å². The molecule has 0 unspecified atom stereocenters. The van der Waals surface area contributed by atoms with Crippen molar-refractivity contribution in [1.29, 1.82) is 0 Å². The summed E-state index contributed by atoms with van der Waals surface area (Å²) in [6.45, 7) is 9.46. The molecule has 0 spiro atoms. The van der Waals surface area contributed by atoms with Gasteiger partial charge in [-0.25, -0.2) is 0 Å². The van der Waals surface area contributed by atoms with E-state index in [0.29, 0.717) is 0 Å². The summed E-state index contributed by atoms with van der Waals surface area (Å²) in [7, 11) is 0. The van der Waals surface area contributed by atoms with Crippen LogP contribution in [0.3, 0.4) is 0 Å². The third-order valence-electron chi connectivity index (χ3n) is 12.9. The summed E-state index contributed by atoms with van der Waals surface area (Å²) in [6.07, 6.45) is 0. The van der Waals surface area contributed by atoms with Crippen LogP contribution in [0.4, 0.5) is 17.1 Å². The van der Waals surface area contributed by atoms with Crippen molar-refractivity contribution in [1.82, 2.24) is 0 Å². The smallest absolute Gasteiger partial charge is 0.0465 e. The van der Waals surface area contributed by atoms with E-state index in [1.54, 1.807) is 0 Å². The average molecular weight is 704 g/mol. The third-order valence-corrected chi connectivity index (χ3v) is 12.9. The molecule has 0 saturated carbocycles. The second kappa shape index (κ2) is 11.5. The van der Waals surface area contributed by atoms with Crippen molar-refractivity contribution in [3.63, 3.8) is 0 Å².